The van der Waals surface area contributed by atoms with Gasteiger partial charge in [-0.25, -0.2) is 13.0 Å². The summed E-state index contributed by atoms with van der Waals surface area (Å²) in [5.74, 6) is -2.72. The number of hydrogen-bond donors (Lipinski definition) is 0. The van der Waals surface area contributed by atoms with Crippen molar-refractivity contribution in [1.82, 2.24) is 3.97 Å². The van der Waals surface area contributed by atoms with Crippen LogP contribution in [0.15, 0.2) is 88.8 Å². The lowest BCUT2D eigenvalue weighted by atomic mass is 10.2. The smallest absolute Gasteiger partial charge is 0.204 e. The average Bonchev–Trinajstić information content (AvgIpc) is 3.42. The maximum atomic E-state index is 15.8. The van der Waals surface area contributed by atoms with E-state index in [0.29, 0.717) is 16.4 Å². The molecular weight excluding hydrogens is 573 g/mol. The van der Waals surface area contributed by atoms with Crippen LogP contribution in [0.3, 0.4) is 0 Å². The first kappa shape index (κ1) is 29.7. The van der Waals surface area contributed by atoms with E-state index in [9.17, 15) is 13.9 Å². The minimum Gasteiger partial charge on any atom is -0.497 e. The molecule has 0 spiro atoms. The SMILES string of the molecule is COc1ccc(CSc2c(Oc3ccc(F)c(C#N)c3)c(F)c(F)c3c2ccn3S(=O)c2ccc(C)cc2)cc1.O. The van der Waals surface area contributed by atoms with Crippen LogP contribution < -0.4 is 9.47 Å². The number of methoxy groups -OCH3 is 1. The van der Waals surface area contributed by atoms with Crippen LogP contribution in [0.1, 0.15) is 16.7 Å². The van der Waals surface area contributed by atoms with Crippen molar-refractivity contribution in [2.24, 2.45) is 0 Å². The van der Waals surface area contributed by atoms with Crippen molar-refractivity contribution in [3.8, 4) is 23.3 Å². The van der Waals surface area contributed by atoms with Crippen molar-refractivity contribution in [1.29, 1.82) is 5.26 Å². The van der Waals surface area contributed by atoms with Crippen LogP contribution in [0.25, 0.3) is 10.9 Å². The maximum absolute atomic E-state index is 15.8. The number of ether oxygens (including phenoxy) is 2. The maximum Gasteiger partial charge on any atom is 0.204 e. The van der Waals surface area contributed by atoms with Gasteiger partial charge >= 0.3 is 0 Å². The van der Waals surface area contributed by atoms with Crippen molar-refractivity contribution in [2.45, 2.75) is 22.5 Å². The van der Waals surface area contributed by atoms with E-state index in [1.54, 1.807) is 55.6 Å². The molecular formula is C30H23F3N2O4S2. The molecule has 1 atom stereocenters. The Hall–Kier alpha value is -4.24. The number of benzene rings is 4. The highest BCUT2D eigenvalue weighted by Crippen LogP contribution is 2.44. The summed E-state index contributed by atoms with van der Waals surface area (Å²) in [5.41, 5.74) is 1.37. The van der Waals surface area contributed by atoms with Gasteiger partial charge in [0.2, 0.25) is 5.82 Å². The van der Waals surface area contributed by atoms with Gasteiger partial charge in [-0.2, -0.15) is 9.65 Å². The summed E-state index contributed by atoms with van der Waals surface area (Å²) in [5, 5.41) is 9.48. The topological polar surface area (TPSA) is 95.8 Å². The van der Waals surface area contributed by atoms with Crippen molar-refractivity contribution in [3.05, 3.63) is 113 Å². The number of aromatic nitrogens is 1. The van der Waals surface area contributed by atoms with Gasteiger partial charge in [0.15, 0.2) is 22.6 Å². The first-order chi connectivity index (χ1) is 19.3. The van der Waals surface area contributed by atoms with E-state index in [2.05, 4.69) is 0 Å². The lowest BCUT2D eigenvalue weighted by Gasteiger charge is -2.16. The molecule has 5 rings (SSSR count). The molecule has 5 aromatic rings. The van der Waals surface area contributed by atoms with Gasteiger partial charge in [-0.15, -0.1) is 11.8 Å². The first-order valence-electron chi connectivity index (χ1n) is 11.9. The Kier molecular flexibility index (Phi) is 9.08. The summed E-state index contributed by atoms with van der Waals surface area (Å²) in [7, 11) is -0.293. The summed E-state index contributed by atoms with van der Waals surface area (Å²) in [6.45, 7) is 1.89. The zero-order valence-corrected chi connectivity index (χ0v) is 23.4. The van der Waals surface area contributed by atoms with Gasteiger partial charge in [-0.1, -0.05) is 29.8 Å². The number of aryl methyl sites for hydroxylation is 1. The molecule has 0 saturated carbocycles. The quantitative estimate of drug-likeness (QED) is 0.179. The lowest BCUT2D eigenvalue weighted by Crippen LogP contribution is -2.06. The summed E-state index contributed by atoms with van der Waals surface area (Å²) in [4.78, 5) is 0.679. The highest BCUT2D eigenvalue weighted by molar-refractivity contribution is 7.98. The molecule has 0 aliphatic heterocycles. The third kappa shape index (κ3) is 5.95. The van der Waals surface area contributed by atoms with E-state index in [1.165, 1.54) is 28.0 Å². The highest BCUT2D eigenvalue weighted by Gasteiger charge is 2.27. The van der Waals surface area contributed by atoms with Gasteiger partial charge in [0, 0.05) is 23.4 Å². The number of thioether (sulfide) groups is 1. The fourth-order valence-corrected chi connectivity index (χ4v) is 6.23. The average molecular weight is 597 g/mol. The Labute approximate surface area is 240 Å². The summed E-state index contributed by atoms with van der Waals surface area (Å²) < 4.78 is 70.9. The molecule has 4 aromatic carbocycles. The third-order valence-corrected chi connectivity index (χ3v) is 8.63. The van der Waals surface area contributed by atoms with E-state index in [4.69, 9.17) is 9.47 Å². The van der Waals surface area contributed by atoms with Gasteiger partial charge in [0.05, 0.1) is 22.5 Å². The summed E-state index contributed by atoms with van der Waals surface area (Å²) in [6, 6.07) is 20.8. The molecule has 1 heterocycles. The van der Waals surface area contributed by atoms with E-state index in [1.807, 2.05) is 19.1 Å². The Balaban J connectivity index is 0.00000387. The van der Waals surface area contributed by atoms with Crippen molar-refractivity contribution in [3.63, 3.8) is 0 Å². The monoisotopic (exact) mass is 596 g/mol. The van der Waals surface area contributed by atoms with Crippen LogP contribution in [-0.2, 0) is 16.7 Å². The predicted octanol–water partition coefficient (Wildman–Crippen LogP) is 7.08. The van der Waals surface area contributed by atoms with Crippen molar-refractivity contribution in [2.75, 3.05) is 7.11 Å². The second-order valence-corrected chi connectivity index (χ2v) is 11.1. The molecule has 11 heteroatoms. The molecule has 41 heavy (non-hydrogen) atoms. The van der Waals surface area contributed by atoms with Gasteiger partial charge in [-0.3, -0.25) is 3.97 Å². The number of rotatable bonds is 8. The van der Waals surface area contributed by atoms with Crippen LogP contribution >= 0.6 is 11.8 Å². The Bertz CT molecular complexity index is 1780. The first-order valence-corrected chi connectivity index (χ1v) is 14.0. The highest BCUT2D eigenvalue weighted by atomic mass is 32.2. The van der Waals surface area contributed by atoms with Crippen molar-refractivity contribution >= 4 is 33.7 Å². The summed E-state index contributed by atoms with van der Waals surface area (Å²) in [6.07, 6.45) is 1.44. The molecule has 210 valence electrons. The largest absolute Gasteiger partial charge is 0.497 e. The zero-order chi connectivity index (χ0) is 28.4. The van der Waals surface area contributed by atoms with E-state index in [-0.39, 0.29) is 32.6 Å². The Morgan fingerprint density at radius 3 is 2.29 bits per heavy atom. The Morgan fingerprint density at radius 1 is 0.951 bits per heavy atom. The van der Waals surface area contributed by atoms with E-state index in [0.717, 1.165) is 23.3 Å². The normalized spacial score (nSPS) is 11.5. The molecule has 6 nitrogen and oxygen atoms in total. The summed E-state index contributed by atoms with van der Waals surface area (Å²) >= 11 is 1.20. The number of halogens is 3. The van der Waals surface area contributed by atoms with Crippen molar-refractivity contribution < 1.29 is 32.3 Å². The molecule has 1 aromatic heterocycles. The molecule has 0 radical (unpaired) electrons. The van der Waals surface area contributed by atoms with Crippen LogP contribution in [0.2, 0.25) is 0 Å². The second kappa shape index (κ2) is 12.5. The van der Waals surface area contributed by atoms with Gasteiger partial charge in [-0.05, 0) is 55.0 Å². The number of fused-ring (bicyclic) bond motifs is 1. The molecule has 0 fully saturated rings. The van der Waals surface area contributed by atoms with Gasteiger partial charge in [0.25, 0.3) is 0 Å². The van der Waals surface area contributed by atoms with Crippen LogP contribution in [0, 0.1) is 35.7 Å². The van der Waals surface area contributed by atoms with Crippen LogP contribution in [0.4, 0.5) is 13.2 Å². The number of nitriles is 1. The Morgan fingerprint density at radius 2 is 1.63 bits per heavy atom. The van der Waals surface area contributed by atoms with E-state index >= 15 is 8.78 Å². The molecule has 1 unspecified atom stereocenters. The molecule has 2 N–H and O–H groups in total. The van der Waals surface area contributed by atoms with Gasteiger partial charge < -0.3 is 14.9 Å². The van der Waals surface area contributed by atoms with Crippen LogP contribution in [0.5, 0.6) is 17.2 Å². The van der Waals surface area contributed by atoms with Gasteiger partial charge in [0.1, 0.15) is 28.9 Å². The fraction of sp³-hybridized carbons (Fsp3) is 0.100. The minimum absolute atomic E-state index is 0. The third-order valence-electron chi connectivity index (χ3n) is 6.12. The molecule has 0 saturated heterocycles. The van der Waals surface area contributed by atoms with E-state index < -0.39 is 34.2 Å². The number of nitrogens with zero attached hydrogens (tertiary/aromatic N) is 2. The molecule has 0 aliphatic carbocycles. The second-order valence-electron chi connectivity index (χ2n) is 8.74. The minimum atomic E-state index is -1.85. The lowest BCUT2D eigenvalue weighted by molar-refractivity contribution is 0.409. The predicted molar refractivity (Wildman–Crippen MR) is 152 cm³/mol. The fourth-order valence-electron chi connectivity index (χ4n) is 4.03. The zero-order valence-electron chi connectivity index (χ0n) is 21.8. The number of hydrogen-bond acceptors (Lipinski definition) is 5. The molecule has 0 aliphatic rings. The molecule has 0 bridgehead atoms. The van der Waals surface area contributed by atoms with Crippen LogP contribution in [-0.4, -0.2) is 20.8 Å². The molecule has 0 amide bonds. The standard InChI is InChI=1S/C30H21F3N2O3S2.H2O/c1-18-3-10-23(11-4-18)40(36)35-14-13-24-28(35)26(32)27(33)29(38-22-9-12-25(31)20(15-22)16-34)30(24)39-17-19-5-7-21(37-2)8-6-19;/h3-15H,17H2,1-2H3;1H2.